The number of carbonyl (C=O) groups is 1. The molecule has 0 bridgehead atoms. The summed E-state index contributed by atoms with van der Waals surface area (Å²) in [7, 11) is 0. The maximum Gasteiger partial charge on any atom is 0.327 e. The van der Waals surface area contributed by atoms with E-state index in [0.717, 1.165) is 6.08 Å². The van der Waals surface area contributed by atoms with Crippen LogP contribution >= 0.6 is 0 Å². The van der Waals surface area contributed by atoms with E-state index in [1.165, 1.54) is 17.9 Å². The van der Waals surface area contributed by atoms with Crippen LogP contribution < -0.4 is 0 Å². The molecule has 2 aliphatic rings. The maximum absolute atomic E-state index is 9.51. The van der Waals surface area contributed by atoms with Crippen molar-refractivity contribution in [2.24, 2.45) is 11.8 Å². The normalized spacial score (nSPS) is 30.8. The van der Waals surface area contributed by atoms with E-state index in [2.05, 4.69) is 0 Å². The van der Waals surface area contributed by atoms with Crippen LogP contribution in [-0.4, -0.2) is 11.1 Å². The zero-order chi connectivity index (χ0) is 8.97. The fraction of sp³-hybridized carbons (Fsp3) is 0.700. The second kappa shape index (κ2) is 4.29. The largest absolute Gasteiger partial charge is 0.478 e. The number of hydrogen-bond donors (Lipinski definition) is 1. The Labute approximate surface area is 73.3 Å². The molecule has 0 aromatic heterocycles. The molecule has 2 saturated carbocycles. The van der Waals surface area contributed by atoms with Crippen molar-refractivity contribution in [3.05, 3.63) is 12.2 Å². The van der Waals surface area contributed by atoms with Gasteiger partial charge in [-0.25, -0.2) is 4.79 Å². The average molecular weight is 168 g/mol. The van der Waals surface area contributed by atoms with E-state index < -0.39 is 5.97 Å². The van der Waals surface area contributed by atoms with Gasteiger partial charge in [0.15, 0.2) is 0 Å². The third kappa shape index (κ3) is 2.36. The Balaban J connectivity index is 0.000000120. The standard InChI is InChI=1S/C6H10.C4H6O2/c1-2-6-4-3-5(1)6;1-2-3-4(5)6/h5-6H,1-4H2;2-3H,1H3,(H,5,6). The molecule has 2 aliphatic carbocycles. The zero-order valence-corrected chi connectivity index (χ0v) is 7.49. The van der Waals surface area contributed by atoms with Gasteiger partial charge < -0.3 is 5.11 Å². The van der Waals surface area contributed by atoms with Crippen molar-refractivity contribution in [2.45, 2.75) is 32.6 Å². The first kappa shape index (κ1) is 9.30. The summed E-state index contributed by atoms with van der Waals surface area (Å²) in [5.41, 5.74) is 0. The summed E-state index contributed by atoms with van der Waals surface area (Å²) in [5, 5.41) is 7.83. The van der Waals surface area contributed by atoms with Crippen LogP contribution in [0.25, 0.3) is 0 Å². The van der Waals surface area contributed by atoms with Gasteiger partial charge in [0.1, 0.15) is 0 Å². The molecular formula is C10H16O2. The van der Waals surface area contributed by atoms with E-state index in [1.807, 2.05) is 0 Å². The third-order valence-corrected chi connectivity index (χ3v) is 2.79. The smallest absolute Gasteiger partial charge is 0.327 e. The van der Waals surface area contributed by atoms with Crippen molar-refractivity contribution in [2.75, 3.05) is 0 Å². The molecule has 0 atom stereocenters. The number of carboxylic acids is 1. The molecule has 2 heteroatoms. The van der Waals surface area contributed by atoms with Crippen molar-refractivity contribution in [3.8, 4) is 0 Å². The van der Waals surface area contributed by atoms with Crippen molar-refractivity contribution >= 4 is 5.97 Å². The molecule has 0 unspecified atom stereocenters. The minimum Gasteiger partial charge on any atom is -0.478 e. The highest BCUT2D eigenvalue weighted by molar-refractivity contribution is 5.79. The van der Waals surface area contributed by atoms with Crippen LogP contribution in [0, 0.1) is 11.8 Å². The average Bonchev–Trinajstić information content (AvgIpc) is 1.98. The highest BCUT2D eigenvalue weighted by Crippen LogP contribution is 2.49. The van der Waals surface area contributed by atoms with Crippen LogP contribution in [-0.2, 0) is 4.79 Å². The Kier molecular flexibility index (Phi) is 3.32. The summed E-state index contributed by atoms with van der Waals surface area (Å²) in [5.74, 6) is 1.53. The van der Waals surface area contributed by atoms with Gasteiger partial charge in [-0.1, -0.05) is 6.08 Å². The molecule has 2 rings (SSSR count). The maximum atomic E-state index is 9.51. The Morgan fingerprint density at radius 1 is 1.25 bits per heavy atom. The summed E-state index contributed by atoms with van der Waals surface area (Å²) < 4.78 is 0. The minimum atomic E-state index is -0.891. The Morgan fingerprint density at radius 2 is 1.67 bits per heavy atom. The van der Waals surface area contributed by atoms with Crippen LogP contribution in [0.2, 0.25) is 0 Å². The SMILES string of the molecule is C1CC2CCC12.CC=CC(=O)O. The second-order valence-electron chi connectivity index (χ2n) is 3.51. The minimum absolute atomic E-state index is 0.891. The molecule has 0 heterocycles. The fourth-order valence-electron chi connectivity index (χ4n) is 1.71. The molecule has 68 valence electrons. The van der Waals surface area contributed by atoms with Gasteiger partial charge >= 0.3 is 5.97 Å². The predicted molar refractivity (Wildman–Crippen MR) is 47.9 cm³/mol. The van der Waals surface area contributed by atoms with Gasteiger partial charge in [0.2, 0.25) is 0 Å². The molecule has 0 aliphatic heterocycles. The van der Waals surface area contributed by atoms with Gasteiger partial charge in [-0.05, 0) is 44.4 Å². The summed E-state index contributed by atoms with van der Waals surface area (Å²) in [6.45, 7) is 1.66. The lowest BCUT2D eigenvalue weighted by Gasteiger charge is -2.46. The van der Waals surface area contributed by atoms with Crippen LogP contribution in [0.3, 0.4) is 0 Å². The highest BCUT2D eigenvalue weighted by Gasteiger charge is 2.37. The molecule has 1 N–H and O–H groups in total. The van der Waals surface area contributed by atoms with E-state index in [1.54, 1.807) is 32.6 Å². The number of aliphatic carboxylic acids is 1. The monoisotopic (exact) mass is 168 g/mol. The molecule has 0 aromatic rings. The van der Waals surface area contributed by atoms with Crippen molar-refractivity contribution in [1.29, 1.82) is 0 Å². The first-order valence-electron chi connectivity index (χ1n) is 4.59. The first-order valence-corrected chi connectivity index (χ1v) is 4.59. The molecule has 2 fully saturated rings. The fourth-order valence-corrected chi connectivity index (χ4v) is 1.71. The van der Waals surface area contributed by atoms with E-state index in [-0.39, 0.29) is 0 Å². The van der Waals surface area contributed by atoms with Gasteiger partial charge in [0, 0.05) is 6.08 Å². The van der Waals surface area contributed by atoms with Gasteiger partial charge in [0.25, 0.3) is 0 Å². The van der Waals surface area contributed by atoms with Crippen LogP contribution in [0.5, 0.6) is 0 Å². The Bertz CT molecular complexity index is 166. The molecule has 0 saturated heterocycles. The second-order valence-corrected chi connectivity index (χ2v) is 3.51. The molecule has 12 heavy (non-hydrogen) atoms. The summed E-state index contributed by atoms with van der Waals surface area (Å²) >= 11 is 0. The lowest BCUT2D eigenvalue weighted by molar-refractivity contribution is -0.131. The van der Waals surface area contributed by atoms with Crippen LogP contribution in [0.1, 0.15) is 32.6 Å². The number of allylic oxidation sites excluding steroid dienone is 1. The van der Waals surface area contributed by atoms with Crippen LogP contribution in [0.15, 0.2) is 12.2 Å². The number of fused-ring (bicyclic) bond motifs is 1. The molecule has 0 amide bonds. The topological polar surface area (TPSA) is 37.3 Å². The molecule has 0 aromatic carbocycles. The van der Waals surface area contributed by atoms with Gasteiger partial charge in [-0.15, -0.1) is 0 Å². The summed E-state index contributed by atoms with van der Waals surface area (Å²) in [6, 6.07) is 0. The van der Waals surface area contributed by atoms with Crippen molar-refractivity contribution < 1.29 is 9.90 Å². The lowest BCUT2D eigenvalue weighted by atomic mass is 9.60. The van der Waals surface area contributed by atoms with E-state index in [4.69, 9.17) is 5.11 Å². The molecular weight excluding hydrogens is 152 g/mol. The zero-order valence-electron chi connectivity index (χ0n) is 7.49. The highest BCUT2D eigenvalue weighted by atomic mass is 16.4. The number of carboxylic acid groups (broad SMARTS) is 1. The Hall–Kier alpha value is -0.790. The van der Waals surface area contributed by atoms with Gasteiger partial charge in [-0.3, -0.25) is 0 Å². The predicted octanol–water partition coefficient (Wildman–Crippen LogP) is 2.45. The number of rotatable bonds is 1. The molecule has 2 nitrogen and oxygen atoms in total. The summed E-state index contributed by atoms with van der Waals surface area (Å²) in [6.07, 6.45) is 8.80. The molecule has 0 radical (unpaired) electrons. The van der Waals surface area contributed by atoms with Crippen LogP contribution in [0.4, 0.5) is 0 Å². The van der Waals surface area contributed by atoms with Crippen molar-refractivity contribution in [1.82, 2.24) is 0 Å². The molecule has 0 spiro atoms. The van der Waals surface area contributed by atoms with Gasteiger partial charge in [0.05, 0.1) is 0 Å². The Morgan fingerprint density at radius 3 is 1.67 bits per heavy atom. The van der Waals surface area contributed by atoms with E-state index in [9.17, 15) is 4.79 Å². The lowest BCUT2D eigenvalue weighted by Crippen LogP contribution is -2.34. The number of hydrogen-bond acceptors (Lipinski definition) is 1. The quantitative estimate of drug-likeness (QED) is 0.610. The van der Waals surface area contributed by atoms with E-state index in [0.29, 0.717) is 0 Å². The summed E-state index contributed by atoms with van der Waals surface area (Å²) in [4.78, 5) is 9.51. The van der Waals surface area contributed by atoms with Gasteiger partial charge in [-0.2, -0.15) is 0 Å². The third-order valence-electron chi connectivity index (χ3n) is 2.79. The van der Waals surface area contributed by atoms with Crippen molar-refractivity contribution in [3.63, 3.8) is 0 Å². The van der Waals surface area contributed by atoms with E-state index >= 15 is 0 Å². The first-order chi connectivity index (χ1) is 5.74.